The molecule has 1 saturated heterocycles. The van der Waals surface area contributed by atoms with Crippen molar-refractivity contribution in [2.75, 3.05) is 11.9 Å². The summed E-state index contributed by atoms with van der Waals surface area (Å²) in [6, 6.07) is 11.8. The SMILES string of the molecule is O=C(CN1C(=O)N[C@@]2(CCCc3ccccc32)C1=O)Nc1c(Cl)cccc1Cl. The molecule has 0 aromatic heterocycles. The zero-order chi connectivity index (χ0) is 19.9. The average molecular weight is 418 g/mol. The molecule has 0 unspecified atom stereocenters. The van der Waals surface area contributed by atoms with E-state index in [-0.39, 0.29) is 15.7 Å². The van der Waals surface area contributed by atoms with Crippen molar-refractivity contribution in [2.45, 2.75) is 24.8 Å². The fraction of sp³-hybridized carbons (Fsp3) is 0.250. The maximum absolute atomic E-state index is 13.2. The normalized spacial score (nSPS) is 20.9. The molecule has 4 rings (SSSR count). The predicted molar refractivity (Wildman–Crippen MR) is 106 cm³/mol. The van der Waals surface area contributed by atoms with Crippen LogP contribution in [0.15, 0.2) is 42.5 Å². The third-order valence-electron chi connectivity index (χ3n) is 5.18. The monoisotopic (exact) mass is 417 g/mol. The molecule has 1 atom stereocenters. The minimum Gasteiger partial charge on any atom is -0.322 e. The van der Waals surface area contributed by atoms with Crippen molar-refractivity contribution >= 4 is 46.7 Å². The summed E-state index contributed by atoms with van der Waals surface area (Å²) in [5, 5.41) is 5.95. The van der Waals surface area contributed by atoms with Crippen LogP contribution in [0.25, 0.3) is 0 Å². The number of amides is 4. The molecule has 0 saturated carbocycles. The molecule has 1 aliphatic carbocycles. The van der Waals surface area contributed by atoms with Gasteiger partial charge in [-0.2, -0.15) is 0 Å². The van der Waals surface area contributed by atoms with Gasteiger partial charge in [-0.1, -0.05) is 53.5 Å². The van der Waals surface area contributed by atoms with E-state index in [2.05, 4.69) is 10.6 Å². The van der Waals surface area contributed by atoms with Crippen molar-refractivity contribution in [3.63, 3.8) is 0 Å². The van der Waals surface area contributed by atoms with Gasteiger partial charge in [0.25, 0.3) is 5.91 Å². The third-order valence-corrected chi connectivity index (χ3v) is 5.81. The van der Waals surface area contributed by atoms with Crippen molar-refractivity contribution in [1.82, 2.24) is 10.2 Å². The molecule has 0 radical (unpaired) electrons. The van der Waals surface area contributed by atoms with Crippen molar-refractivity contribution in [3.8, 4) is 0 Å². The topological polar surface area (TPSA) is 78.5 Å². The number of nitrogens with zero attached hydrogens (tertiary/aromatic N) is 1. The molecule has 6 nitrogen and oxygen atoms in total. The first-order valence-corrected chi connectivity index (χ1v) is 9.64. The lowest BCUT2D eigenvalue weighted by molar-refractivity contribution is -0.134. The van der Waals surface area contributed by atoms with E-state index in [9.17, 15) is 14.4 Å². The standard InChI is InChI=1S/C20H17Cl2N3O3/c21-14-8-3-9-15(22)17(14)23-16(26)11-25-18(27)20(24-19(25)28)10-4-6-12-5-1-2-7-13(12)20/h1-3,5,7-9H,4,6,10-11H2,(H,23,26)(H,24,28)/t20-/m1/s1. The molecule has 8 heteroatoms. The van der Waals surface area contributed by atoms with Gasteiger partial charge in [-0.25, -0.2) is 4.79 Å². The molecule has 2 aromatic rings. The fourth-order valence-corrected chi connectivity index (χ4v) is 4.39. The highest BCUT2D eigenvalue weighted by atomic mass is 35.5. The number of hydrogen-bond acceptors (Lipinski definition) is 3. The third kappa shape index (κ3) is 3.02. The summed E-state index contributed by atoms with van der Waals surface area (Å²) in [6.45, 7) is -0.421. The first-order chi connectivity index (χ1) is 13.4. The van der Waals surface area contributed by atoms with E-state index >= 15 is 0 Å². The molecule has 1 heterocycles. The van der Waals surface area contributed by atoms with E-state index in [0.717, 1.165) is 28.9 Å². The number of para-hydroxylation sites is 1. The molecule has 2 N–H and O–H groups in total. The van der Waals surface area contributed by atoms with Crippen molar-refractivity contribution in [1.29, 1.82) is 0 Å². The van der Waals surface area contributed by atoms with Crippen LogP contribution in [-0.4, -0.2) is 29.3 Å². The number of fused-ring (bicyclic) bond motifs is 2. The summed E-state index contributed by atoms with van der Waals surface area (Å²) in [7, 11) is 0. The van der Waals surface area contributed by atoms with Gasteiger partial charge < -0.3 is 10.6 Å². The van der Waals surface area contributed by atoms with E-state index in [1.807, 2.05) is 24.3 Å². The second-order valence-electron chi connectivity index (χ2n) is 6.88. The number of carbonyl (C=O) groups is 3. The Balaban J connectivity index is 1.57. The summed E-state index contributed by atoms with van der Waals surface area (Å²) < 4.78 is 0. The number of nitrogens with one attached hydrogen (secondary N) is 2. The van der Waals surface area contributed by atoms with E-state index in [0.29, 0.717) is 6.42 Å². The predicted octanol–water partition coefficient (Wildman–Crippen LogP) is 3.72. The summed E-state index contributed by atoms with van der Waals surface area (Å²) >= 11 is 12.1. The number of benzene rings is 2. The number of rotatable bonds is 3. The number of urea groups is 1. The average Bonchev–Trinajstić information content (AvgIpc) is 2.90. The lowest BCUT2D eigenvalue weighted by Gasteiger charge is -2.33. The molecule has 1 aliphatic heterocycles. The summed E-state index contributed by atoms with van der Waals surface area (Å²) in [4.78, 5) is 39.2. The molecular weight excluding hydrogens is 401 g/mol. The van der Waals surface area contributed by atoms with Crippen LogP contribution in [0.2, 0.25) is 10.0 Å². The van der Waals surface area contributed by atoms with Crippen molar-refractivity contribution in [3.05, 3.63) is 63.6 Å². The summed E-state index contributed by atoms with van der Waals surface area (Å²) in [5.41, 5.74) is 0.989. The Hall–Kier alpha value is -2.57. The maximum atomic E-state index is 13.2. The highest BCUT2D eigenvalue weighted by molar-refractivity contribution is 6.39. The Morgan fingerprint density at radius 2 is 1.82 bits per heavy atom. The second-order valence-corrected chi connectivity index (χ2v) is 7.70. The van der Waals surface area contributed by atoms with Gasteiger partial charge in [-0.3, -0.25) is 14.5 Å². The highest BCUT2D eigenvalue weighted by Crippen LogP contribution is 2.40. The van der Waals surface area contributed by atoms with Crippen LogP contribution in [0.4, 0.5) is 10.5 Å². The van der Waals surface area contributed by atoms with Crippen LogP contribution in [0.1, 0.15) is 24.0 Å². The van der Waals surface area contributed by atoms with Crippen LogP contribution in [-0.2, 0) is 21.5 Å². The van der Waals surface area contributed by atoms with Gasteiger partial charge in [-0.15, -0.1) is 0 Å². The van der Waals surface area contributed by atoms with Gasteiger partial charge in [0.1, 0.15) is 12.1 Å². The van der Waals surface area contributed by atoms with Crippen LogP contribution in [0.3, 0.4) is 0 Å². The molecule has 4 amide bonds. The smallest absolute Gasteiger partial charge is 0.322 e. The van der Waals surface area contributed by atoms with Crippen LogP contribution < -0.4 is 10.6 Å². The van der Waals surface area contributed by atoms with Crippen LogP contribution in [0, 0.1) is 0 Å². The lowest BCUT2D eigenvalue weighted by atomic mass is 9.76. The number of imide groups is 1. The molecule has 1 spiro atoms. The molecular formula is C20H17Cl2N3O3. The number of carbonyl (C=O) groups excluding carboxylic acids is 3. The lowest BCUT2D eigenvalue weighted by Crippen LogP contribution is -2.47. The van der Waals surface area contributed by atoms with Gasteiger partial charge >= 0.3 is 6.03 Å². The summed E-state index contributed by atoms with van der Waals surface area (Å²) in [5.74, 6) is -0.968. The minimum absolute atomic E-state index is 0.251. The maximum Gasteiger partial charge on any atom is 0.325 e. The first kappa shape index (κ1) is 18.8. The fourth-order valence-electron chi connectivity index (χ4n) is 3.89. The zero-order valence-corrected chi connectivity index (χ0v) is 16.3. The van der Waals surface area contributed by atoms with Gasteiger partial charge in [0.05, 0.1) is 15.7 Å². The molecule has 1 fully saturated rings. The van der Waals surface area contributed by atoms with Crippen molar-refractivity contribution in [2.24, 2.45) is 0 Å². The Kier molecular flexibility index (Phi) is 4.77. The van der Waals surface area contributed by atoms with E-state index in [1.165, 1.54) is 0 Å². The Morgan fingerprint density at radius 1 is 1.11 bits per heavy atom. The Labute approximate surface area is 171 Å². The number of halogens is 2. The summed E-state index contributed by atoms with van der Waals surface area (Å²) in [6.07, 6.45) is 2.13. The Morgan fingerprint density at radius 3 is 2.57 bits per heavy atom. The van der Waals surface area contributed by atoms with E-state index < -0.39 is 29.9 Å². The van der Waals surface area contributed by atoms with Gasteiger partial charge in [0, 0.05) is 0 Å². The minimum atomic E-state index is -1.10. The zero-order valence-electron chi connectivity index (χ0n) is 14.8. The van der Waals surface area contributed by atoms with Gasteiger partial charge in [-0.05, 0) is 42.5 Å². The molecule has 28 heavy (non-hydrogen) atoms. The first-order valence-electron chi connectivity index (χ1n) is 8.89. The van der Waals surface area contributed by atoms with Gasteiger partial charge in [0.15, 0.2) is 0 Å². The molecule has 0 bridgehead atoms. The molecule has 2 aliphatic rings. The quantitative estimate of drug-likeness (QED) is 0.746. The molecule has 2 aromatic carbocycles. The van der Waals surface area contributed by atoms with Gasteiger partial charge in [0.2, 0.25) is 5.91 Å². The largest absolute Gasteiger partial charge is 0.325 e. The highest BCUT2D eigenvalue weighted by Gasteiger charge is 2.54. The number of anilines is 1. The Bertz CT molecular complexity index is 974. The number of hydrogen-bond donors (Lipinski definition) is 2. The second kappa shape index (κ2) is 7.11. The number of aryl methyl sites for hydroxylation is 1. The van der Waals surface area contributed by atoms with E-state index in [4.69, 9.17) is 23.2 Å². The molecule has 144 valence electrons. The van der Waals surface area contributed by atoms with Crippen LogP contribution in [0.5, 0.6) is 0 Å². The van der Waals surface area contributed by atoms with E-state index in [1.54, 1.807) is 18.2 Å². The van der Waals surface area contributed by atoms with Crippen LogP contribution >= 0.6 is 23.2 Å². The van der Waals surface area contributed by atoms with Crippen molar-refractivity contribution < 1.29 is 14.4 Å².